The van der Waals surface area contributed by atoms with Gasteiger partial charge in [-0.05, 0) is 34.6 Å². The molecule has 1 heterocycles. The maximum absolute atomic E-state index is 12.2. The van der Waals surface area contributed by atoms with Gasteiger partial charge in [0.1, 0.15) is 0 Å². The zero-order chi connectivity index (χ0) is 13.3. The minimum atomic E-state index is -0.427. The van der Waals surface area contributed by atoms with Gasteiger partial charge in [-0.15, -0.1) is 0 Å². The Balaban J connectivity index is 2.56. The van der Waals surface area contributed by atoms with E-state index in [4.69, 9.17) is 5.73 Å². The van der Waals surface area contributed by atoms with Gasteiger partial charge in [-0.1, -0.05) is 0 Å². The fourth-order valence-electron chi connectivity index (χ4n) is 2.10. The Kier molecular flexibility index (Phi) is 4.20. The highest BCUT2D eigenvalue weighted by Gasteiger charge is 2.34. The van der Waals surface area contributed by atoms with Gasteiger partial charge >= 0.3 is 0 Å². The van der Waals surface area contributed by atoms with Crippen molar-refractivity contribution in [2.45, 2.75) is 40.2 Å². The van der Waals surface area contributed by atoms with Crippen LogP contribution in [0, 0.1) is 5.41 Å². The second kappa shape index (κ2) is 4.94. The fraction of sp³-hybridized carbons (Fsp3) is 0.923. The minimum absolute atomic E-state index is 0.188. The predicted molar refractivity (Wildman–Crippen MR) is 70.7 cm³/mol. The smallest absolute Gasteiger partial charge is 0.229 e. The molecule has 1 amide bonds. The van der Waals surface area contributed by atoms with E-state index in [9.17, 15) is 4.79 Å². The molecule has 0 aromatic rings. The van der Waals surface area contributed by atoms with Crippen molar-refractivity contribution < 1.29 is 4.79 Å². The van der Waals surface area contributed by atoms with E-state index in [1.807, 2.05) is 18.7 Å². The highest BCUT2D eigenvalue weighted by atomic mass is 16.2. The molecular formula is C13H27N3O. The van der Waals surface area contributed by atoms with Crippen molar-refractivity contribution in [2.75, 3.05) is 32.7 Å². The summed E-state index contributed by atoms with van der Waals surface area (Å²) >= 11 is 0. The van der Waals surface area contributed by atoms with E-state index in [1.165, 1.54) is 0 Å². The van der Waals surface area contributed by atoms with E-state index in [1.54, 1.807) is 0 Å². The van der Waals surface area contributed by atoms with Crippen molar-refractivity contribution in [3.05, 3.63) is 0 Å². The van der Waals surface area contributed by atoms with Gasteiger partial charge in [0.15, 0.2) is 0 Å². The first-order valence-electron chi connectivity index (χ1n) is 6.43. The van der Waals surface area contributed by atoms with Gasteiger partial charge in [-0.2, -0.15) is 0 Å². The molecule has 0 aromatic heterocycles. The molecule has 1 aliphatic rings. The number of hydrogen-bond donors (Lipinski definition) is 1. The summed E-state index contributed by atoms with van der Waals surface area (Å²) in [5, 5.41) is 0. The van der Waals surface area contributed by atoms with E-state index in [0.29, 0.717) is 6.54 Å². The van der Waals surface area contributed by atoms with E-state index in [0.717, 1.165) is 26.2 Å². The van der Waals surface area contributed by atoms with E-state index < -0.39 is 5.41 Å². The number of piperazine rings is 1. The zero-order valence-electron chi connectivity index (χ0n) is 11.9. The van der Waals surface area contributed by atoms with E-state index in [2.05, 4.69) is 25.7 Å². The Bertz CT molecular complexity index is 273. The van der Waals surface area contributed by atoms with Crippen molar-refractivity contribution in [3.8, 4) is 0 Å². The van der Waals surface area contributed by atoms with Gasteiger partial charge in [-0.3, -0.25) is 9.69 Å². The number of carbonyl (C=O) groups excluding carboxylic acids is 1. The number of nitrogens with zero attached hydrogens (tertiary/aromatic N) is 2. The van der Waals surface area contributed by atoms with Crippen molar-refractivity contribution in [1.29, 1.82) is 0 Å². The largest absolute Gasteiger partial charge is 0.340 e. The molecule has 1 saturated heterocycles. The molecule has 0 atom stereocenters. The van der Waals surface area contributed by atoms with Crippen LogP contribution in [0.4, 0.5) is 0 Å². The topological polar surface area (TPSA) is 49.6 Å². The number of nitrogens with two attached hydrogens (primary N) is 1. The molecule has 2 N–H and O–H groups in total. The second-order valence-electron chi connectivity index (χ2n) is 6.54. The Labute approximate surface area is 105 Å². The molecule has 0 aliphatic carbocycles. The molecule has 17 heavy (non-hydrogen) atoms. The van der Waals surface area contributed by atoms with Gasteiger partial charge in [0.2, 0.25) is 5.91 Å². The van der Waals surface area contributed by atoms with Crippen LogP contribution in [0.25, 0.3) is 0 Å². The lowest BCUT2D eigenvalue weighted by molar-refractivity contribution is -0.142. The Hall–Kier alpha value is -0.610. The van der Waals surface area contributed by atoms with Crippen LogP contribution in [0.15, 0.2) is 0 Å². The average Bonchev–Trinajstić information content (AvgIpc) is 2.27. The fourth-order valence-corrected chi connectivity index (χ4v) is 2.10. The van der Waals surface area contributed by atoms with Gasteiger partial charge in [0, 0.05) is 38.3 Å². The monoisotopic (exact) mass is 241 g/mol. The molecule has 1 fully saturated rings. The van der Waals surface area contributed by atoms with Gasteiger partial charge in [-0.25, -0.2) is 0 Å². The maximum atomic E-state index is 12.2. The third-order valence-corrected chi connectivity index (χ3v) is 3.60. The first kappa shape index (κ1) is 14.5. The summed E-state index contributed by atoms with van der Waals surface area (Å²) in [4.78, 5) is 16.6. The Morgan fingerprint density at radius 1 is 1.06 bits per heavy atom. The summed E-state index contributed by atoms with van der Waals surface area (Å²) < 4.78 is 0. The summed E-state index contributed by atoms with van der Waals surface area (Å²) in [6, 6.07) is 0. The summed E-state index contributed by atoms with van der Waals surface area (Å²) in [5.41, 5.74) is 5.42. The maximum Gasteiger partial charge on any atom is 0.229 e. The van der Waals surface area contributed by atoms with Crippen LogP contribution >= 0.6 is 0 Å². The predicted octanol–water partition coefficient (Wildman–Crippen LogP) is 0.914. The van der Waals surface area contributed by atoms with Crippen molar-refractivity contribution >= 4 is 5.91 Å². The molecule has 0 spiro atoms. The zero-order valence-corrected chi connectivity index (χ0v) is 11.9. The Morgan fingerprint density at radius 2 is 1.53 bits per heavy atom. The van der Waals surface area contributed by atoms with Gasteiger partial charge in [0.05, 0.1) is 5.41 Å². The number of rotatable bonds is 2. The van der Waals surface area contributed by atoms with Crippen LogP contribution in [0.2, 0.25) is 0 Å². The van der Waals surface area contributed by atoms with Gasteiger partial charge < -0.3 is 10.6 Å². The highest BCUT2D eigenvalue weighted by Crippen LogP contribution is 2.21. The van der Waals surface area contributed by atoms with Crippen LogP contribution in [-0.4, -0.2) is 54.0 Å². The first-order valence-corrected chi connectivity index (χ1v) is 6.43. The molecule has 1 aliphatic heterocycles. The standard InChI is InChI=1S/C13H27N3O/c1-12(2,3)16-8-6-15(7-9-16)11(17)13(4,5)10-14/h6-10,14H2,1-5H3. The molecule has 0 bridgehead atoms. The van der Waals surface area contributed by atoms with Crippen LogP contribution in [0.5, 0.6) is 0 Å². The minimum Gasteiger partial charge on any atom is -0.340 e. The molecule has 0 radical (unpaired) electrons. The van der Waals surface area contributed by atoms with E-state index in [-0.39, 0.29) is 11.4 Å². The van der Waals surface area contributed by atoms with Crippen molar-refractivity contribution in [2.24, 2.45) is 11.1 Å². The Morgan fingerprint density at radius 3 is 1.88 bits per heavy atom. The number of amides is 1. The lowest BCUT2D eigenvalue weighted by atomic mass is 9.91. The van der Waals surface area contributed by atoms with E-state index >= 15 is 0 Å². The molecule has 0 unspecified atom stereocenters. The first-order chi connectivity index (χ1) is 7.68. The summed E-state index contributed by atoms with van der Waals surface area (Å²) in [5.74, 6) is 0.188. The van der Waals surface area contributed by atoms with Crippen LogP contribution < -0.4 is 5.73 Å². The number of carbonyl (C=O) groups is 1. The van der Waals surface area contributed by atoms with Crippen molar-refractivity contribution in [1.82, 2.24) is 9.80 Å². The molecule has 100 valence electrons. The average molecular weight is 241 g/mol. The molecule has 4 nitrogen and oxygen atoms in total. The van der Waals surface area contributed by atoms with Crippen LogP contribution in [0.3, 0.4) is 0 Å². The van der Waals surface area contributed by atoms with Crippen LogP contribution in [-0.2, 0) is 4.79 Å². The summed E-state index contributed by atoms with van der Waals surface area (Å²) in [6.45, 7) is 14.4. The second-order valence-corrected chi connectivity index (χ2v) is 6.54. The lowest BCUT2D eigenvalue weighted by Crippen LogP contribution is -2.57. The normalized spacial score (nSPS) is 19.5. The molecule has 4 heteroatoms. The third-order valence-electron chi connectivity index (χ3n) is 3.60. The summed E-state index contributed by atoms with van der Waals surface area (Å²) in [7, 11) is 0. The number of hydrogen-bond acceptors (Lipinski definition) is 3. The molecule has 0 aromatic carbocycles. The van der Waals surface area contributed by atoms with Gasteiger partial charge in [0.25, 0.3) is 0 Å². The summed E-state index contributed by atoms with van der Waals surface area (Å²) in [6.07, 6.45) is 0. The third kappa shape index (κ3) is 3.42. The highest BCUT2D eigenvalue weighted by molar-refractivity contribution is 5.82. The molecule has 1 rings (SSSR count). The molecular weight excluding hydrogens is 214 g/mol. The SMILES string of the molecule is CC(C)(CN)C(=O)N1CCN(C(C)(C)C)CC1. The lowest BCUT2D eigenvalue weighted by Gasteiger charge is -2.43. The van der Waals surface area contributed by atoms with Crippen LogP contribution in [0.1, 0.15) is 34.6 Å². The molecule has 0 saturated carbocycles. The quantitative estimate of drug-likeness (QED) is 0.782. The van der Waals surface area contributed by atoms with Crippen molar-refractivity contribution in [3.63, 3.8) is 0 Å².